The Morgan fingerprint density at radius 2 is 2.05 bits per heavy atom. The number of nitrogens with zero attached hydrogens (tertiary/aromatic N) is 2. The number of benzene rings is 1. The molecular formula is C15H13BrN2O. The van der Waals surface area contributed by atoms with Gasteiger partial charge in [0.05, 0.1) is 5.69 Å². The summed E-state index contributed by atoms with van der Waals surface area (Å²) in [5.41, 5.74) is 3.08. The van der Waals surface area contributed by atoms with E-state index in [1.165, 1.54) is 0 Å². The van der Waals surface area contributed by atoms with E-state index < -0.39 is 0 Å². The van der Waals surface area contributed by atoms with Crippen molar-refractivity contribution in [2.24, 2.45) is 0 Å². The predicted octanol–water partition coefficient (Wildman–Crippen LogP) is 3.91. The Morgan fingerprint density at radius 1 is 1.32 bits per heavy atom. The molecule has 0 bridgehead atoms. The zero-order valence-electron chi connectivity index (χ0n) is 10.8. The first-order valence-corrected chi connectivity index (χ1v) is 6.65. The number of hydrogen-bond acceptors (Lipinski definition) is 3. The lowest BCUT2D eigenvalue weighted by molar-refractivity contribution is 0.303. The summed E-state index contributed by atoms with van der Waals surface area (Å²) < 4.78 is 6.76. The van der Waals surface area contributed by atoms with E-state index in [4.69, 9.17) is 10.00 Å². The molecule has 3 nitrogen and oxygen atoms in total. The summed E-state index contributed by atoms with van der Waals surface area (Å²) >= 11 is 3.48. The van der Waals surface area contributed by atoms with Gasteiger partial charge in [-0.3, -0.25) is 4.98 Å². The molecule has 0 unspecified atom stereocenters. The highest BCUT2D eigenvalue weighted by Gasteiger charge is 2.10. The number of aryl methyl sites for hydroxylation is 2. The van der Waals surface area contributed by atoms with Gasteiger partial charge in [0.1, 0.15) is 24.0 Å². The highest BCUT2D eigenvalue weighted by molar-refractivity contribution is 9.10. The van der Waals surface area contributed by atoms with E-state index in [2.05, 4.69) is 27.0 Å². The lowest BCUT2D eigenvalue weighted by Crippen LogP contribution is -2.01. The Kier molecular flexibility index (Phi) is 4.18. The monoisotopic (exact) mass is 316 g/mol. The van der Waals surface area contributed by atoms with E-state index in [9.17, 15) is 0 Å². The van der Waals surface area contributed by atoms with Crippen LogP contribution in [0.2, 0.25) is 0 Å². The minimum Gasteiger partial charge on any atom is -0.487 e. The van der Waals surface area contributed by atoms with Crippen LogP contribution in [-0.2, 0) is 6.61 Å². The van der Waals surface area contributed by atoms with Crippen LogP contribution in [0.3, 0.4) is 0 Å². The fourth-order valence-corrected chi connectivity index (χ4v) is 2.21. The molecule has 0 amide bonds. The first-order chi connectivity index (χ1) is 9.11. The number of rotatable bonds is 3. The van der Waals surface area contributed by atoms with Crippen LogP contribution in [0.1, 0.15) is 22.5 Å². The van der Waals surface area contributed by atoms with Gasteiger partial charge >= 0.3 is 0 Å². The van der Waals surface area contributed by atoms with E-state index in [0.29, 0.717) is 23.6 Å². The molecule has 2 rings (SSSR count). The standard InChI is InChI=1S/C15H13BrN2O/c1-10-7-15(13(8-17)11(2)18-10)19-9-12-5-3-4-6-14(12)16/h3-7H,9H2,1-2H3. The molecular weight excluding hydrogens is 304 g/mol. The zero-order valence-corrected chi connectivity index (χ0v) is 12.4. The molecule has 19 heavy (non-hydrogen) atoms. The molecule has 0 aliphatic heterocycles. The summed E-state index contributed by atoms with van der Waals surface area (Å²) in [5.74, 6) is 0.586. The highest BCUT2D eigenvalue weighted by Crippen LogP contribution is 2.24. The van der Waals surface area contributed by atoms with E-state index in [1.807, 2.05) is 38.1 Å². The van der Waals surface area contributed by atoms with Gasteiger partial charge in [0.25, 0.3) is 0 Å². The number of ether oxygens (including phenoxy) is 1. The fraction of sp³-hybridized carbons (Fsp3) is 0.200. The first kappa shape index (κ1) is 13.6. The molecule has 0 radical (unpaired) electrons. The van der Waals surface area contributed by atoms with Crippen molar-refractivity contribution in [3.05, 3.63) is 57.3 Å². The van der Waals surface area contributed by atoms with Gasteiger partial charge in [-0.15, -0.1) is 0 Å². The van der Waals surface area contributed by atoms with Crippen LogP contribution in [0, 0.1) is 25.2 Å². The average Bonchev–Trinajstić information content (AvgIpc) is 2.37. The third-order valence-electron chi connectivity index (χ3n) is 2.75. The second kappa shape index (κ2) is 5.85. The smallest absolute Gasteiger partial charge is 0.141 e. The molecule has 0 spiro atoms. The molecule has 1 aromatic heterocycles. The Balaban J connectivity index is 2.25. The fourth-order valence-electron chi connectivity index (χ4n) is 1.81. The summed E-state index contributed by atoms with van der Waals surface area (Å²) in [4.78, 5) is 4.27. The molecule has 4 heteroatoms. The van der Waals surface area contributed by atoms with Crippen LogP contribution < -0.4 is 4.74 Å². The van der Waals surface area contributed by atoms with Crippen LogP contribution >= 0.6 is 15.9 Å². The van der Waals surface area contributed by atoms with Crippen molar-refractivity contribution in [1.82, 2.24) is 4.98 Å². The topological polar surface area (TPSA) is 45.9 Å². The average molecular weight is 317 g/mol. The molecule has 0 saturated carbocycles. The second-order valence-electron chi connectivity index (χ2n) is 4.21. The van der Waals surface area contributed by atoms with Gasteiger partial charge in [-0.2, -0.15) is 5.26 Å². The molecule has 0 fully saturated rings. The molecule has 2 aromatic rings. The molecule has 0 N–H and O–H groups in total. The van der Waals surface area contributed by atoms with Crippen molar-refractivity contribution in [3.63, 3.8) is 0 Å². The van der Waals surface area contributed by atoms with Crippen molar-refractivity contribution in [2.45, 2.75) is 20.5 Å². The van der Waals surface area contributed by atoms with Gasteiger partial charge in [0.15, 0.2) is 0 Å². The van der Waals surface area contributed by atoms with Crippen LogP contribution in [0.4, 0.5) is 0 Å². The maximum absolute atomic E-state index is 9.16. The Hall–Kier alpha value is -1.86. The number of halogens is 1. The molecule has 0 aliphatic carbocycles. The van der Waals surface area contributed by atoms with Gasteiger partial charge in [0.2, 0.25) is 0 Å². The van der Waals surface area contributed by atoms with Crippen molar-refractivity contribution in [2.75, 3.05) is 0 Å². The Bertz CT molecular complexity index is 647. The van der Waals surface area contributed by atoms with E-state index in [1.54, 1.807) is 6.07 Å². The molecule has 96 valence electrons. The summed E-state index contributed by atoms with van der Waals surface area (Å²) in [7, 11) is 0. The summed E-state index contributed by atoms with van der Waals surface area (Å²) in [6.45, 7) is 4.12. The molecule has 0 saturated heterocycles. The molecule has 1 heterocycles. The summed E-state index contributed by atoms with van der Waals surface area (Å²) in [5, 5.41) is 9.16. The van der Waals surface area contributed by atoms with Crippen LogP contribution in [0.25, 0.3) is 0 Å². The van der Waals surface area contributed by atoms with Gasteiger partial charge in [-0.1, -0.05) is 34.1 Å². The number of hydrogen-bond donors (Lipinski definition) is 0. The third kappa shape index (κ3) is 3.12. The lowest BCUT2D eigenvalue weighted by Gasteiger charge is -2.11. The maximum Gasteiger partial charge on any atom is 0.141 e. The van der Waals surface area contributed by atoms with Crippen molar-refractivity contribution in [1.29, 1.82) is 5.26 Å². The SMILES string of the molecule is Cc1cc(OCc2ccccc2Br)c(C#N)c(C)n1. The maximum atomic E-state index is 9.16. The van der Waals surface area contributed by atoms with Crippen molar-refractivity contribution in [3.8, 4) is 11.8 Å². The normalized spacial score (nSPS) is 10.0. The third-order valence-corrected chi connectivity index (χ3v) is 3.52. The second-order valence-corrected chi connectivity index (χ2v) is 5.07. The molecule has 1 aromatic carbocycles. The Morgan fingerprint density at radius 3 is 2.74 bits per heavy atom. The lowest BCUT2D eigenvalue weighted by atomic mass is 10.2. The van der Waals surface area contributed by atoms with Crippen LogP contribution in [0.15, 0.2) is 34.8 Å². The number of pyridine rings is 1. The van der Waals surface area contributed by atoms with Crippen molar-refractivity contribution >= 4 is 15.9 Å². The largest absolute Gasteiger partial charge is 0.487 e. The minimum atomic E-state index is 0.416. The van der Waals surface area contributed by atoms with Gasteiger partial charge < -0.3 is 4.74 Å². The first-order valence-electron chi connectivity index (χ1n) is 5.86. The van der Waals surface area contributed by atoms with Crippen LogP contribution in [0.5, 0.6) is 5.75 Å². The zero-order chi connectivity index (χ0) is 13.8. The number of aromatic nitrogens is 1. The van der Waals surface area contributed by atoms with Crippen molar-refractivity contribution < 1.29 is 4.74 Å². The molecule has 0 aliphatic rings. The summed E-state index contributed by atoms with van der Waals surface area (Å²) in [6.07, 6.45) is 0. The highest BCUT2D eigenvalue weighted by atomic mass is 79.9. The quantitative estimate of drug-likeness (QED) is 0.862. The van der Waals surface area contributed by atoms with Crippen LogP contribution in [-0.4, -0.2) is 4.98 Å². The Labute approximate surface area is 121 Å². The minimum absolute atomic E-state index is 0.416. The predicted molar refractivity (Wildman–Crippen MR) is 76.9 cm³/mol. The van der Waals surface area contributed by atoms with Gasteiger partial charge in [0, 0.05) is 21.8 Å². The molecule has 0 atom stereocenters. The van der Waals surface area contributed by atoms with Gasteiger partial charge in [-0.25, -0.2) is 0 Å². The number of nitriles is 1. The summed E-state index contributed by atoms with van der Waals surface area (Å²) in [6, 6.07) is 11.8. The van der Waals surface area contributed by atoms with E-state index in [0.717, 1.165) is 15.7 Å². The van der Waals surface area contributed by atoms with E-state index >= 15 is 0 Å². The van der Waals surface area contributed by atoms with Gasteiger partial charge in [-0.05, 0) is 19.9 Å². The van der Waals surface area contributed by atoms with E-state index in [-0.39, 0.29) is 0 Å².